The monoisotopic (exact) mass is 650 g/mol. The van der Waals surface area contributed by atoms with E-state index in [1.165, 1.54) is 0 Å². The number of anilines is 2. The average molecular weight is 651 g/mol. The van der Waals surface area contributed by atoms with Crippen molar-refractivity contribution in [1.29, 1.82) is 0 Å². The molecule has 4 aliphatic heterocycles. The average Bonchev–Trinajstić information content (AvgIpc) is 3.36. The molecule has 1 amide bonds. The van der Waals surface area contributed by atoms with E-state index in [1.807, 2.05) is 38.9 Å². The molecule has 2 saturated heterocycles. The van der Waals surface area contributed by atoms with Gasteiger partial charge in [-0.05, 0) is 112 Å². The van der Waals surface area contributed by atoms with Crippen LogP contribution in [0.5, 0.6) is 0 Å². The quantitative estimate of drug-likeness (QED) is 0.360. The summed E-state index contributed by atoms with van der Waals surface area (Å²) in [7, 11) is 0. The molecule has 2 aromatic rings. The minimum Gasteiger partial charge on any atom is -0.381 e. The molecular weight excluding hydrogens is 604 g/mol. The van der Waals surface area contributed by atoms with Gasteiger partial charge >= 0.3 is 0 Å². The van der Waals surface area contributed by atoms with Gasteiger partial charge in [-0.15, -0.1) is 0 Å². The molecule has 9 nitrogen and oxygen atoms in total. The number of benzene rings is 2. The summed E-state index contributed by atoms with van der Waals surface area (Å²) in [5, 5.41) is 6.17. The number of hydrogen-bond acceptors (Lipinski definition) is 8. The molecule has 0 aliphatic carbocycles. The minimum atomic E-state index is -0.390. The van der Waals surface area contributed by atoms with E-state index in [9.17, 15) is 14.4 Å². The summed E-state index contributed by atoms with van der Waals surface area (Å²) in [5.41, 5.74) is 9.71. The zero-order chi connectivity index (χ0) is 34.0. The van der Waals surface area contributed by atoms with Crippen LogP contribution in [-0.4, -0.2) is 69.9 Å². The number of amides is 1. The molecular formula is C39H46N4O5. The molecule has 0 bridgehead atoms. The lowest BCUT2D eigenvalue weighted by molar-refractivity contribution is 0.0636. The second-order valence-electron chi connectivity index (χ2n) is 13.2. The largest absolute Gasteiger partial charge is 0.381 e. The Morgan fingerprint density at radius 3 is 2.40 bits per heavy atom. The summed E-state index contributed by atoms with van der Waals surface area (Å²) in [6.45, 7) is 14.3. The first kappa shape index (κ1) is 33.5. The fraction of sp³-hybridized carbons (Fsp3) is 0.462. The van der Waals surface area contributed by atoms with E-state index in [0.29, 0.717) is 56.0 Å². The number of nitrogens with zero attached hydrogens (tertiary/aromatic N) is 2. The van der Waals surface area contributed by atoms with Crippen LogP contribution in [0.1, 0.15) is 74.9 Å². The van der Waals surface area contributed by atoms with Crippen molar-refractivity contribution >= 4 is 29.2 Å². The Hall–Kier alpha value is -4.39. The first-order valence-corrected chi connectivity index (χ1v) is 17.2. The minimum absolute atomic E-state index is 0.194. The number of hydrogen-bond donors (Lipinski definition) is 2. The Labute approximate surface area is 283 Å². The van der Waals surface area contributed by atoms with Crippen LogP contribution in [0, 0.1) is 6.92 Å². The Bertz CT molecular complexity index is 1770. The van der Waals surface area contributed by atoms with Crippen LogP contribution in [0.25, 0.3) is 11.1 Å². The smallest absolute Gasteiger partial charge is 0.251 e. The van der Waals surface area contributed by atoms with Crippen molar-refractivity contribution < 1.29 is 23.9 Å². The van der Waals surface area contributed by atoms with Gasteiger partial charge in [0.15, 0.2) is 5.94 Å². The lowest BCUT2D eigenvalue weighted by atomic mass is 9.73. The third-order valence-electron chi connectivity index (χ3n) is 10.6. The van der Waals surface area contributed by atoms with E-state index in [0.717, 1.165) is 82.7 Å². The maximum atomic E-state index is 14.1. The Morgan fingerprint density at radius 1 is 1.00 bits per heavy atom. The first-order valence-electron chi connectivity index (χ1n) is 17.2. The molecule has 4 heterocycles. The van der Waals surface area contributed by atoms with Gasteiger partial charge in [-0.1, -0.05) is 12.1 Å². The predicted molar refractivity (Wildman–Crippen MR) is 189 cm³/mol. The van der Waals surface area contributed by atoms with Crippen LogP contribution in [0.3, 0.4) is 0 Å². The summed E-state index contributed by atoms with van der Waals surface area (Å²) in [5.74, 6) is 4.10. The Kier molecular flexibility index (Phi) is 9.77. The van der Waals surface area contributed by atoms with Crippen LogP contribution in [0.2, 0.25) is 0 Å². The lowest BCUT2D eigenvalue weighted by Crippen LogP contribution is -2.40. The number of dihydropyridines is 1. The molecule has 2 aromatic carbocycles. The van der Waals surface area contributed by atoms with Gasteiger partial charge in [0.25, 0.3) is 5.91 Å². The zero-order valence-electron chi connectivity index (χ0n) is 28.8. The van der Waals surface area contributed by atoms with E-state index in [1.54, 1.807) is 0 Å². The van der Waals surface area contributed by atoms with Crippen molar-refractivity contribution in [2.45, 2.75) is 71.8 Å². The Balaban J connectivity index is 1.43. The zero-order valence-corrected chi connectivity index (χ0v) is 28.8. The number of likely N-dealkylation sites (N-methyl/N-ethyl adjacent to an activating group) is 1. The summed E-state index contributed by atoms with van der Waals surface area (Å²) >= 11 is 0. The van der Waals surface area contributed by atoms with Crippen molar-refractivity contribution in [3.05, 3.63) is 81.3 Å². The highest BCUT2D eigenvalue weighted by molar-refractivity contribution is 5.99. The van der Waals surface area contributed by atoms with Gasteiger partial charge in [0.05, 0.1) is 5.41 Å². The van der Waals surface area contributed by atoms with Crippen molar-refractivity contribution in [1.82, 2.24) is 10.6 Å². The van der Waals surface area contributed by atoms with Gasteiger partial charge in [-0.25, -0.2) is 9.59 Å². The molecule has 4 aliphatic rings. The molecule has 9 heteroatoms. The number of ether oxygens (including phenoxy) is 2. The third kappa shape index (κ3) is 5.93. The third-order valence-corrected chi connectivity index (χ3v) is 10.6. The van der Waals surface area contributed by atoms with Gasteiger partial charge in [0, 0.05) is 80.3 Å². The number of fused-ring (bicyclic) bond motifs is 2. The second kappa shape index (κ2) is 14.0. The highest BCUT2D eigenvalue weighted by Crippen LogP contribution is 2.53. The number of rotatable bonds is 8. The standard InChI is InChI=1S/C39H46N4O5/c1-6-42(30-10-14-47-15-11-30)35-21-29(19-31(27(35)5)38(46)40-22-32-25(3)18-26(4)41-34(32)23-44)28-8-9-33-36(20-28)43(7-2)37(24-45)39(33)12-16-48-17-13-39/h8-9,18-21,30,41H,6-7,10-17,22H2,1-5H3,(H,40,46). The first-order chi connectivity index (χ1) is 23.3. The summed E-state index contributed by atoms with van der Waals surface area (Å²) in [4.78, 5) is 42.8. The highest BCUT2D eigenvalue weighted by atomic mass is 16.5. The van der Waals surface area contributed by atoms with Crippen molar-refractivity contribution in [2.75, 3.05) is 55.9 Å². The maximum absolute atomic E-state index is 14.1. The molecule has 0 aromatic heterocycles. The van der Waals surface area contributed by atoms with E-state index < -0.39 is 5.41 Å². The molecule has 0 radical (unpaired) electrons. The number of nitrogens with one attached hydrogen (secondary N) is 2. The highest BCUT2D eigenvalue weighted by Gasteiger charge is 2.49. The van der Waals surface area contributed by atoms with Crippen molar-refractivity contribution in [3.63, 3.8) is 0 Å². The van der Waals surface area contributed by atoms with Crippen LogP contribution in [-0.2, 0) is 24.5 Å². The van der Waals surface area contributed by atoms with Gasteiger partial charge in [-0.2, -0.15) is 0 Å². The van der Waals surface area contributed by atoms with Gasteiger partial charge in [0.1, 0.15) is 17.3 Å². The SMILES string of the molecule is CCN1C(=C=O)C2(CCOCC2)c2ccc(-c3cc(C(=O)NCC4=C(C)C=C(C)NC4=C=O)c(C)c(N(CC)C4CCOCC4)c3)cc21. The van der Waals surface area contributed by atoms with Crippen molar-refractivity contribution in [2.24, 2.45) is 0 Å². The molecule has 0 atom stereocenters. The van der Waals surface area contributed by atoms with Crippen molar-refractivity contribution in [3.8, 4) is 11.1 Å². The number of allylic oxidation sites excluding steroid dienone is 4. The van der Waals surface area contributed by atoms with E-state index in [-0.39, 0.29) is 12.5 Å². The normalized spacial score (nSPS) is 19.0. The van der Waals surface area contributed by atoms with E-state index in [4.69, 9.17) is 9.47 Å². The maximum Gasteiger partial charge on any atom is 0.251 e. The fourth-order valence-electron chi connectivity index (χ4n) is 8.07. The predicted octanol–water partition coefficient (Wildman–Crippen LogP) is 5.54. The number of carbonyl (C=O) groups excluding carboxylic acids is 3. The topological polar surface area (TPSA) is 100 Å². The molecule has 1 spiro atoms. The second-order valence-corrected chi connectivity index (χ2v) is 13.2. The Morgan fingerprint density at radius 2 is 1.73 bits per heavy atom. The molecule has 48 heavy (non-hydrogen) atoms. The molecule has 6 rings (SSSR count). The summed E-state index contributed by atoms with van der Waals surface area (Å²) in [6, 6.07) is 10.9. The summed E-state index contributed by atoms with van der Waals surface area (Å²) < 4.78 is 11.4. The fourth-order valence-corrected chi connectivity index (χ4v) is 8.07. The van der Waals surface area contributed by atoms with Crippen LogP contribution in [0.15, 0.2) is 64.6 Å². The molecule has 0 saturated carbocycles. The molecule has 2 fully saturated rings. The van der Waals surface area contributed by atoms with E-state index in [2.05, 4.69) is 64.5 Å². The van der Waals surface area contributed by atoms with Crippen LogP contribution >= 0.6 is 0 Å². The van der Waals surface area contributed by atoms with Gasteiger partial charge in [0.2, 0.25) is 0 Å². The lowest BCUT2D eigenvalue weighted by Gasteiger charge is -2.37. The van der Waals surface area contributed by atoms with E-state index >= 15 is 0 Å². The van der Waals surface area contributed by atoms with Crippen LogP contribution in [0.4, 0.5) is 11.4 Å². The molecule has 0 unspecified atom stereocenters. The number of carbonyl (C=O) groups is 1. The van der Waals surface area contributed by atoms with Gasteiger partial charge < -0.3 is 29.9 Å². The molecule has 252 valence electrons. The summed E-state index contributed by atoms with van der Waals surface area (Å²) in [6.07, 6.45) is 5.30. The molecule has 2 N–H and O–H groups in total. The van der Waals surface area contributed by atoms with Crippen LogP contribution < -0.4 is 20.4 Å². The van der Waals surface area contributed by atoms with Gasteiger partial charge in [-0.3, -0.25) is 4.79 Å².